The van der Waals surface area contributed by atoms with Gasteiger partial charge in [-0.15, -0.1) is 0 Å². The van der Waals surface area contributed by atoms with Crippen molar-refractivity contribution in [3.63, 3.8) is 0 Å². The maximum Gasteiger partial charge on any atom is 0.265 e. The second-order valence-electron chi connectivity index (χ2n) is 5.14. The lowest BCUT2D eigenvalue weighted by molar-refractivity contribution is -0.122. The van der Waals surface area contributed by atoms with Crippen molar-refractivity contribution < 1.29 is 14.3 Å². The summed E-state index contributed by atoms with van der Waals surface area (Å²) < 4.78 is 10.9. The molecule has 0 bridgehead atoms. The van der Waals surface area contributed by atoms with Gasteiger partial charge < -0.3 is 14.8 Å². The number of carbonyl (C=O) groups is 1. The molecule has 4 nitrogen and oxygen atoms in total. The van der Waals surface area contributed by atoms with Crippen LogP contribution < -0.4 is 14.8 Å². The number of rotatable bonds is 6. The Hall–Kier alpha value is -2.20. The Labute approximate surface area is 141 Å². The Balaban J connectivity index is 2.10. The first-order valence-corrected chi connectivity index (χ1v) is 7.79. The monoisotopic (exact) mass is 333 g/mol. The van der Waals surface area contributed by atoms with Gasteiger partial charge in [0.25, 0.3) is 5.91 Å². The minimum Gasteiger partial charge on any atom is -0.497 e. The highest BCUT2D eigenvalue weighted by molar-refractivity contribution is 6.31. The summed E-state index contributed by atoms with van der Waals surface area (Å²) in [6.07, 6.45) is -0.0525. The Bertz CT molecular complexity index is 688. The van der Waals surface area contributed by atoms with Crippen molar-refractivity contribution in [3.05, 3.63) is 53.1 Å². The normalized spacial score (nSPS) is 11.7. The van der Waals surface area contributed by atoms with Crippen molar-refractivity contribution in [3.8, 4) is 11.5 Å². The number of methoxy groups -OCH3 is 1. The van der Waals surface area contributed by atoms with Crippen molar-refractivity contribution >= 4 is 23.2 Å². The molecular formula is C18H20ClNO3. The third-order valence-corrected chi connectivity index (χ3v) is 3.68. The summed E-state index contributed by atoms with van der Waals surface area (Å²) in [5.74, 6) is 1.07. The molecule has 0 spiro atoms. The van der Waals surface area contributed by atoms with E-state index in [1.807, 2.05) is 32.0 Å². The zero-order valence-corrected chi connectivity index (χ0v) is 14.2. The highest BCUT2D eigenvalue weighted by atomic mass is 35.5. The molecule has 0 saturated heterocycles. The van der Waals surface area contributed by atoms with Crippen LogP contribution in [0, 0.1) is 6.92 Å². The third kappa shape index (κ3) is 4.63. The van der Waals surface area contributed by atoms with Crippen LogP contribution >= 0.6 is 11.6 Å². The Morgan fingerprint density at radius 2 is 1.96 bits per heavy atom. The first kappa shape index (κ1) is 17.2. The molecule has 0 aliphatic rings. The van der Waals surface area contributed by atoms with Gasteiger partial charge in [-0.2, -0.15) is 0 Å². The number of hydrogen-bond acceptors (Lipinski definition) is 3. The lowest BCUT2D eigenvalue weighted by Crippen LogP contribution is -2.32. The average molecular weight is 334 g/mol. The minimum atomic E-state index is -0.597. The largest absolute Gasteiger partial charge is 0.497 e. The van der Waals surface area contributed by atoms with Gasteiger partial charge in [0.05, 0.1) is 7.11 Å². The molecule has 0 aromatic heterocycles. The van der Waals surface area contributed by atoms with E-state index in [1.165, 1.54) is 0 Å². The quantitative estimate of drug-likeness (QED) is 0.849. The molecule has 2 rings (SSSR count). The van der Waals surface area contributed by atoms with Crippen LogP contribution in [0.1, 0.15) is 18.9 Å². The number of amides is 1. The molecule has 1 amide bonds. The molecule has 0 radical (unpaired) electrons. The topological polar surface area (TPSA) is 47.6 Å². The molecular weight excluding hydrogens is 314 g/mol. The number of carbonyl (C=O) groups excluding carboxylic acids is 1. The second kappa shape index (κ2) is 7.88. The van der Waals surface area contributed by atoms with Gasteiger partial charge in [0.1, 0.15) is 11.5 Å². The third-order valence-electron chi connectivity index (χ3n) is 3.44. The first-order valence-electron chi connectivity index (χ1n) is 7.41. The van der Waals surface area contributed by atoms with E-state index in [-0.39, 0.29) is 5.91 Å². The summed E-state index contributed by atoms with van der Waals surface area (Å²) in [6.45, 7) is 3.81. The highest BCUT2D eigenvalue weighted by Gasteiger charge is 2.19. The van der Waals surface area contributed by atoms with Gasteiger partial charge in [-0.3, -0.25) is 4.79 Å². The van der Waals surface area contributed by atoms with Gasteiger partial charge in [-0.25, -0.2) is 0 Å². The number of anilines is 1. The lowest BCUT2D eigenvalue weighted by Gasteiger charge is -2.18. The standard InChI is InChI=1S/C18H20ClNO3/c1-4-17(23-15-7-5-6-14(11-15)22-3)18(21)20-16-10-13(19)9-8-12(16)2/h5-11,17H,4H2,1-3H3,(H,20,21)/t17-/m0/s1. The van der Waals surface area contributed by atoms with E-state index in [1.54, 1.807) is 31.4 Å². The zero-order valence-electron chi connectivity index (χ0n) is 13.4. The molecule has 23 heavy (non-hydrogen) atoms. The van der Waals surface area contributed by atoms with E-state index in [0.717, 1.165) is 5.56 Å². The molecule has 0 saturated carbocycles. The van der Waals surface area contributed by atoms with Crippen LogP contribution in [0.15, 0.2) is 42.5 Å². The van der Waals surface area contributed by atoms with Gasteiger partial charge in [0, 0.05) is 16.8 Å². The number of nitrogens with one attached hydrogen (secondary N) is 1. The summed E-state index contributed by atoms with van der Waals surface area (Å²) in [5.41, 5.74) is 1.63. The summed E-state index contributed by atoms with van der Waals surface area (Å²) in [4.78, 5) is 12.5. The molecule has 0 fully saturated rings. The SMILES string of the molecule is CC[C@H](Oc1cccc(OC)c1)C(=O)Nc1cc(Cl)ccc1C. The predicted octanol–water partition coefficient (Wildman–Crippen LogP) is 4.45. The molecule has 1 atom stereocenters. The molecule has 0 aliphatic carbocycles. The van der Waals surface area contributed by atoms with Crippen molar-refractivity contribution in [1.29, 1.82) is 0 Å². The Morgan fingerprint density at radius 1 is 1.22 bits per heavy atom. The van der Waals surface area contributed by atoms with Crippen LogP contribution in [-0.4, -0.2) is 19.1 Å². The van der Waals surface area contributed by atoms with Crippen molar-refractivity contribution in [1.82, 2.24) is 0 Å². The van der Waals surface area contributed by atoms with Gasteiger partial charge in [-0.1, -0.05) is 30.7 Å². The number of benzene rings is 2. The van der Waals surface area contributed by atoms with Crippen LogP contribution in [-0.2, 0) is 4.79 Å². The fourth-order valence-corrected chi connectivity index (χ4v) is 2.28. The fourth-order valence-electron chi connectivity index (χ4n) is 2.10. The molecule has 2 aromatic rings. The maximum absolute atomic E-state index is 12.5. The van der Waals surface area contributed by atoms with E-state index in [9.17, 15) is 4.79 Å². The smallest absolute Gasteiger partial charge is 0.265 e. The second-order valence-corrected chi connectivity index (χ2v) is 5.58. The Kier molecular flexibility index (Phi) is 5.88. The van der Waals surface area contributed by atoms with Crippen LogP contribution in [0.3, 0.4) is 0 Å². The Morgan fingerprint density at radius 3 is 2.65 bits per heavy atom. The van der Waals surface area contributed by atoms with Crippen LogP contribution in [0.25, 0.3) is 0 Å². The van der Waals surface area contributed by atoms with Gasteiger partial charge >= 0.3 is 0 Å². The molecule has 0 unspecified atom stereocenters. The van der Waals surface area contributed by atoms with Crippen molar-refractivity contribution in [2.75, 3.05) is 12.4 Å². The molecule has 5 heteroatoms. The minimum absolute atomic E-state index is 0.208. The summed E-state index contributed by atoms with van der Waals surface area (Å²) in [5, 5.41) is 3.45. The number of halogens is 1. The van der Waals surface area contributed by atoms with E-state index < -0.39 is 6.10 Å². The maximum atomic E-state index is 12.5. The van der Waals surface area contributed by atoms with Crippen molar-refractivity contribution in [2.24, 2.45) is 0 Å². The first-order chi connectivity index (χ1) is 11.0. The number of aryl methyl sites for hydroxylation is 1. The van der Waals surface area contributed by atoms with Gasteiger partial charge in [-0.05, 0) is 43.2 Å². The van der Waals surface area contributed by atoms with Crippen molar-refractivity contribution in [2.45, 2.75) is 26.4 Å². The lowest BCUT2D eigenvalue weighted by atomic mass is 10.2. The van der Waals surface area contributed by atoms with Gasteiger partial charge in [0.2, 0.25) is 0 Å². The summed E-state index contributed by atoms with van der Waals surface area (Å²) in [6, 6.07) is 12.6. The summed E-state index contributed by atoms with van der Waals surface area (Å²) >= 11 is 5.98. The fraction of sp³-hybridized carbons (Fsp3) is 0.278. The molecule has 1 N–H and O–H groups in total. The van der Waals surface area contributed by atoms with Crippen LogP contribution in [0.4, 0.5) is 5.69 Å². The predicted molar refractivity (Wildman–Crippen MR) is 92.5 cm³/mol. The molecule has 122 valence electrons. The summed E-state index contributed by atoms with van der Waals surface area (Å²) in [7, 11) is 1.59. The number of hydrogen-bond donors (Lipinski definition) is 1. The average Bonchev–Trinajstić information content (AvgIpc) is 2.56. The molecule has 0 heterocycles. The van der Waals surface area contributed by atoms with E-state index in [0.29, 0.717) is 28.6 Å². The number of ether oxygens (including phenoxy) is 2. The zero-order chi connectivity index (χ0) is 16.8. The van der Waals surface area contributed by atoms with Gasteiger partial charge in [0.15, 0.2) is 6.10 Å². The molecule has 2 aromatic carbocycles. The van der Waals surface area contributed by atoms with E-state index in [4.69, 9.17) is 21.1 Å². The van der Waals surface area contributed by atoms with E-state index >= 15 is 0 Å². The van der Waals surface area contributed by atoms with Crippen LogP contribution in [0.5, 0.6) is 11.5 Å². The highest BCUT2D eigenvalue weighted by Crippen LogP contribution is 2.23. The van der Waals surface area contributed by atoms with Crippen LogP contribution in [0.2, 0.25) is 5.02 Å². The molecule has 0 aliphatic heterocycles. The van der Waals surface area contributed by atoms with E-state index in [2.05, 4.69) is 5.32 Å².